The molecule has 4 nitrogen and oxygen atoms in total. The lowest BCUT2D eigenvalue weighted by atomic mass is 10.0. The monoisotopic (exact) mass is 428 g/mol. The number of nitrogens with one attached hydrogen (secondary N) is 1. The Kier molecular flexibility index (Phi) is 5.33. The van der Waals surface area contributed by atoms with Gasteiger partial charge in [-0.3, -0.25) is 9.89 Å². The number of nitrogens with zero attached hydrogens (tertiary/aromatic N) is 1. The van der Waals surface area contributed by atoms with Gasteiger partial charge >= 0.3 is 0 Å². The van der Waals surface area contributed by atoms with Crippen LogP contribution in [0.15, 0.2) is 40.2 Å². The minimum atomic E-state index is -0.711. The van der Waals surface area contributed by atoms with Crippen molar-refractivity contribution in [1.82, 2.24) is 10.2 Å². The first-order chi connectivity index (χ1) is 11.6. The van der Waals surface area contributed by atoms with Crippen LogP contribution >= 0.6 is 38.9 Å². The third kappa shape index (κ3) is 3.53. The molecule has 1 unspecified atom stereocenters. The number of hydrogen-bond acceptors (Lipinski definition) is 4. The van der Waals surface area contributed by atoms with E-state index in [0.29, 0.717) is 22.8 Å². The van der Waals surface area contributed by atoms with Crippen LogP contribution in [0.1, 0.15) is 17.4 Å². The first kappa shape index (κ1) is 17.1. The lowest BCUT2D eigenvalue weighted by Crippen LogP contribution is -2.09. The van der Waals surface area contributed by atoms with E-state index < -0.39 is 11.9 Å². The Morgan fingerprint density at radius 2 is 2.17 bits per heavy atom. The number of aromatic nitrogens is 2. The quantitative estimate of drug-likeness (QED) is 0.551. The topological polar surface area (TPSA) is 55.0 Å². The normalized spacial score (nSPS) is 12.1. The van der Waals surface area contributed by atoms with Gasteiger partial charge in [0.15, 0.2) is 5.82 Å². The summed E-state index contributed by atoms with van der Waals surface area (Å²) < 4.78 is 20.7. The maximum atomic E-state index is 14.7. The molecule has 3 aromatic rings. The molecule has 2 aromatic heterocycles. The van der Waals surface area contributed by atoms with Crippen molar-refractivity contribution in [2.75, 3.05) is 0 Å². The van der Waals surface area contributed by atoms with Gasteiger partial charge in [0.2, 0.25) is 0 Å². The highest BCUT2D eigenvalue weighted by Crippen LogP contribution is 2.34. The van der Waals surface area contributed by atoms with Crippen LogP contribution in [0.4, 0.5) is 4.39 Å². The second-order valence-electron chi connectivity index (χ2n) is 4.91. The van der Waals surface area contributed by atoms with Gasteiger partial charge in [-0.1, -0.05) is 29.8 Å². The fourth-order valence-corrected chi connectivity index (χ4v) is 3.96. The number of H-pyrrole nitrogens is 1. The van der Waals surface area contributed by atoms with Crippen LogP contribution in [0.5, 0.6) is 0 Å². The van der Waals surface area contributed by atoms with Crippen molar-refractivity contribution in [2.45, 2.75) is 12.5 Å². The van der Waals surface area contributed by atoms with Gasteiger partial charge in [0, 0.05) is 17.0 Å². The number of carbonyl (C=O) groups is 1. The number of halogens is 3. The van der Waals surface area contributed by atoms with Crippen molar-refractivity contribution in [3.63, 3.8) is 0 Å². The molecule has 1 atom stereocenters. The number of rotatable bonds is 6. The van der Waals surface area contributed by atoms with E-state index in [0.717, 1.165) is 8.66 Å². The highest BCUT2D eigenvalue weighted by molar-refractivity contribution is 9.11. The van der Waals surface area contributed by atoms with Crippen molar-refractivity contribution in [1.29, 1.82) is 0 Å². The summed E-state index contributed by atoms with van der Waals surface area (Å²) in [5.41, 5.74) is 1.10. The van der Waals surface area contributed by atoms with E-state index >= 15 is 0 Å². The Balaban J connectivity index is 1.90. The van der Waals surface area contributed by atoms with Gasteiger partial charge in [-0.25, -0.2) is 4.39 Å². The predicted octanol–water partition coefficient (Wildman–Crippen LogP) is 5.15. The maximum absolute atomic E-state index is 14.7. The Labute approximate surface area is 154 Å². The SMILES string of the molecule is O=COC(Cc1n[nH]c(-c2ccc(Br)s2)c1F)c1ccccc1Cl. The molecule has 0 aliphatic carbocycles. The van der Waals surface area contributed by atoms with Gasteiger partial charge in [0.25, 0.3) is 6.47 Å². The standard InChI is InChI=1S/C16H11BrClFN2O2S/c17-14-6-5-13(24-14)16-15(19)11(20-21-16)7-12(23-8-22)9-3-1-2-4-10(9)18/h1-6,8,12H,7H2,(H,20,21). The van der Waals surface area contributed by atoms with E-state index in [1.807, 2.05) is 6.07 Å². The van der Waals surface area contributed by atoms with Gasteiger partial charge in [-0.2, -0.15) is 5.10 Å². The second-order valence-corrected chi connectivity index (χ2v) is 7.78. The molecule has 1 aromatic carbocycles. The van der Waals surface area contributed by atoms with Gasteiger partial charge in [0.1, 0.15) is 17.5 Å². The highest BCUT2D eigenvalue weighted by atomic mass is 79.9. The molecule has 0 aliphatic heterocycles. The third-order valence-electron chi connectivity index (χ3n) is 3.45. The Bertz CT molecular complexity index is 867. The number of carbonyl (C=O) groups excluding carboxylic acids is 1. The number of aromatic amines is 1. The molecule has 0 saturated carbocycles. The van der Waals surface area contributed by atoms with Crippen LogP contribution in [0.3, 0.4) is 0 Å². The first-order valence-corrected chi connectivity index (χ1v) is 8.91. The summed E-state index contributed by atoms with van der Waals surface area (Å²) in [6.07, 6.45) is -0.630. The molecule has 0 aliphatic rings. The van der Waals surface area contributed by atoms with Crippen LogP contribution in [0.2, 0.25) is 5.02 Å². The van der Waals surface area contributed by atoms with Gasteiger partial charge in [-0.15, -0.1) is 11.3 Å². The molecule has 0 spiro atoms. The summed E-state index contributed by atoms with van der Waals surface area (Å²) in [5, 5.41) is 7.18. The Hall–Kier alpha value is -1.70. The van der Waals surface area contributed by atoms with E-state index in [1.54, 1.807) is 30.3 Å². The summed E-state index contributed by atoms with van der Waals surface area (Å²) in [7, 11) is 0. The minimum absolute atomic E-state index is 0.0807. The smallest absolute Gasteiger partial charge is 0.293 e. The number of hydrogen-bond donors (Lipinski definition) is 1. The van der Waals surface area contributed by atoms with Gasteiger partial charge in [-0.05, 0) is 34.1 Å². The van der Waals surface area contributed by atoms with Gasteiger partial charge in [0.05, 0.1) is 8.66 Å². The highest BCUT2D eigenvalue weighted by Gasteiger charge is 2.23. The summed E-state index contributed by atoms with van der Waals surface area (Å²) in [6, 6.07) is 10.6. The predicted molar refractivity (Wildman–Crippen MR) is 94.6 cm³/mol. The average molecular weight is 430 g/mol. The van der Waals surface area contributed by atoms with Crippen LogP contribution < -0.4 is 0 Å². The van der Waals surface area contributed by atoms with E-state index in [4.69, 9.17) is 16.3 Å². The number of thiophene rings is 1. The lowest BCUT2D eigenvalue weighted by Gasteiger charge is -2.15. The molecule has 0 bridgehead atoms. The van der Waals surface area contributed by atoms with E-state index in [2.05, 4.69) is 26.1 Å². The largest absolute Gasteiger partial charge is 0.459 e. The van der Waals surface area contributed by atoms with Crippen LogP contribution in [0, 0.1) is 5.82 Å². The van der Waals surface area contributed by atoms with E-state index in [-0.39, 0.29) is 12.1 Å². The van der Waals surface area contributed by atoms with E-state index in [1.165, 1.54) is 11.3 Å². The van der Waals surface area contributed by atoms with Crippen molar-refractivity contribution in [3.05, 3.63) is 62.3 Å². The second kappa shape index (κ2) is 7.46. The zero-order chi connectivity index (χ0) is 17.1. The number of ether oxygens (including phenoxy) is 1. The van der Waals surface area contributed by atoms with Gasteiger partial charge < -0.3 is 4.74 Å². The lowest BCUT2D eigenvalue weighted by molar-refractivity contribution is -0.133. The Morgan fingerprint density at radius 3 is 2.83 bits per heavy atom. The van der Waals surface area contributed by atoms with Crippen LogP contribution in [-0.4, -0.2) is 16.7 Å². The molecule has 8 heteroatoms. The molecule has 0 fully saturated rings. The fourth-order valence-electron chi connectivity index (χ4n) is 2.32. The summed E-state index contributed by atoms with van der Waals surface area (Å²) in [5.74, 6) is -0.462. The minimum Gasteiger partial charge on any atom is -0.459 e. The third-order valence-corrected chi connectivity index (χ3v) is 5.43. The molecule has 0 amide bonds. The first-order valence-electron chi connectivity index (χ1n) is 6.92. The molecular weight excluding hydrogens is 419 g/mol. The molecule has 0 radical (unpaired) electrons. The molecule has 1 N–H and O–H groups in total. The van der Waals surface area contributed by atoms with Crippen LogP contribution in [-0.2, 0) is 16.0 Å². The maximum Gasteiger partial charge on any atom is 0.293 e. The molecule has 124 valence electrons. The zero-order valence-electron chi connectivity index (χ0n) is 12.1. The van der Waals surface area contributed by atoms with Crippen LogP contribution in [0.25, 0.3) is 10.6 Å². The molecule has 3 rings (SSSR count). The summed E-state index contributed by atoms with van der Waals surface area (Å²) >= 11 is 10.9. The Morgan fingerprint density at radius 1 is 1.38 bits per heavy atom. The van der Waals surface area contributed by atoms with Crippen molar-refractivity contribution >= 4 is 45.3 Å². The van der Waals surface area contributed by atoms with Crippen molar-refractivity contribution in [3.8, 4) is 10.6 Å². The van der Waals surface area contributed by atoms with Crippen molar-refractivity contribution in [2.24, 2.45) is 0 Å². The molecule has 24 heavy (non-hydrogen) atoms. The summed E-state index contributed by atoms with van der Waals surface area (Å²) in [4.78, 5) is 11.5. The summed E-state index contributed by atoms with van der Waals surface area (Å²) in [6.45, 7) is 0.329. The molecule has 0 saturated heterocycles. The molecular formula is C16H11BrClFN2O2S. The fraction of sp³-hybridized carbons (Fsp3) is 0.125. The zero-order valence-corrected chi connectivity index (χ0v) is 15.3. The van der Waals surface area contributed by atoms with E-state index in [9.17, 15) is 9.18 Å². The number of benzene rings is 1. The molecule has 2 heterocycles. The average Bonchev–Trinajstić information content (AvgIpc) is 3.14. The van der Waals surface area contributed by atoms with Crippen molar-refractivity contribution < 1.29 is 13.9 Å².